The van der Waals surface area contributed by atoms with Crippen molar-refractivity contribution in [2.45, 2.75) is 17.6 Å². The lowest BCUT2D eigenvalue weighted by Gasteiger charge is -2.44. The molecule has 1 aromatic rings. The number of fused-ring (bicyclic) bond motifs is 1. The van der Waals surface area contributed by atoms with E-state index in [-0.39, 0.29) is 6.79 Å². The molecule has 1 heterocycles. The maximum absolute atomic E-state index is 6.11. The molecule has 0 bridgehead atoms. The molecule has 17 heavy (non-hydrogen) atoms. The van der Waals surface area contributed by atoms with Crippen molar-refractivity contribution >= 4 is 23.5 Å². The van der Waals surface area contributed by atoms with Gasteiger partial charge >= 0.3 is 0 Å². The molecule has 0 saturated heterocycles. The molecule has 1 atom stereocenters. The fourth-order valence-corrected chi connectivity index (χ4v) is 1.66. The number of benzene rings is 1. The normalized spacial score (nSPS) is 17.8. The van der Waals surface area contributed by atoms with E-state index >= 15 is 0 Å². The van der Waals surface area contributed by atoms with Crippen LogP contribution in [0.25, 0.3) is 0 Å². The second-order valence-electron chi connectivity index (χ2n) is 4.39. The number of likely N-dealkylation sites (N-methyl/N-ethyl adjacent to an activating group) is 1. The molecule has 6 radical (unpaired) electrons. The highest BCUT2D eigenvalue weighted by molar-refractivity contribution is 6.45. The molecule has 1 aromatic carbocycles. The summed E-state index contributed by atoms with van der Waals surface area (Å²) in [5.74, 6) is 1.32. The molecule has 0 aliphatic carbocycles. The zero-order valence-corrected chi connectivity index (χ0v) is 9.99. The Morgan fingerprint density at radius 3 is 2.47 bits per heavy atom. The summed E-state index contributed by atoms with van der Waals surface area (Å²) in [5.41, 5.74) is -0.262. The van der Waals surface area contributed by atoms with Crippen LogP contribution in [0, 0.1) is 0 Å². The van der Waals surface area contributed by atoms with Gasteiger partial charge in [-0.3, -0.25) is 0 Å². The first-order chi connectivity index (χ1) is 7.88. The largest absolute Gasteiger partial charge is 0.454 e. The quantitative estimate of drug-likeness (QED) is 0.731. The van der Waals surface area contributed by atoms with Crippen LogP contribution < -0.4 is 14.8 Å². The fraction of sp³-hybridized carbons (Fsp3) is 0.455. The predicted molar refractivity (Wildman–Crippen MR) is 69.0 cm³/mol. The van der Waals surface area contributed by atoms with Crippen LogP contribution in [0.15, 0.2) is 18.2 Å². The minimum atomic E-state index is -1.22. The lowest BCUT2D eigenvalue weighted by Crippen LogP contribution is -2.59. The van der Waals surface area contributed by atoms with Crippen LogP contribution in [0.3, 0.4) is 0 Å². The van der Waals surface area contributed by atoms with Crippen molar-refractivity contribution in [3.05, 3.63) is 23.8 Å². The smallest absolute Gasteiger partial charge is 0.231 e. The minimum absolute atomic E-state index is 0.215. The topological polar surface area (TPSA) is 30.5 Å². The molecule has 3 nitrogen and oxygen atoms in total. The van der Waals surface area contributed by atoms with Gasteiger partial charge in [0.1, 0.15) is 0 Å². The molecular weight excluding hydrogens is 211 g/mol. The molecule has 0 spiro atoms. The third-order valence-corrected chi connectivity index (χ3v) is 3.23. The van der Waals surface area contributed by atoms with E-state index in [1.165, 1.54) is 0 Å². The van der Waals surface area contributed by atoms with E-state index in [9.17, 15) is 0 Å². The molecular formula is C11H12B3NO2. The molecule has 1 N–H and O–H groups in total. The average molecular weight is 223 g/mol. The Labute approximate surface area is 105 Å². The summed E-state index contributed by atoms with van der Waals surface area (Å²) >= 11 is 0. The van der Waals surface area contributed by atoms with E-state index < -0.39 is 10.7 Å². The van der Waals surface area contributed by atoms with Gasteiger partial charge in [0, 0.05) is 0 Å². The maximum Gasteiger partial charge on any atom is 0.231 e. The van der Waals surface area contributed by atoms with Gasteiger partial charge in [-0.1, -0.05) is 23.8 Å². The lowest BCUT2D eigenvalue weighted by molar-refractivity contribution is 0.174. The molecule has 6 heteroatoms. The van der Waals surface area contributed by atoms with Gasteiger partial charge in [0.15, 0.2) is 11.5 Å². The van der Waals surface area contributed by atoms with Crippen molar-refractivity contribution in [3.8, 4) is 11.5 Å². The Kier molecular flexibility index (Phi) is 2.94. The number of hydrogen-bond donors (Lipinski definition) is 1. The summed E-state index contributed by atoms with van der Waals surface area (Å²) in [7, 11) is 20.0. The zero-order valence-electron chi connectivity index (χ0n) is 9.99. The fourth-order valence-electron chi connectivity index (χ4n) is 1.66. The minimum Gasteiger partial charge on any atom is -0.454 e. The summed E-state index contributed by atoms with van der Waals surface area (Å²) in [4.78, 5) is 0. The van der Waals surface area contributed by atoms with Crippen LogP contribution in [-0.4, -0.2) is 42.8 Å². The Morgan fingerprint density at radius 1 is 1.18 bits per heavy atom. The SMILES string of the molecule is [B]C(C)(NC)C([B])([B])c1ccc2c(c1)OCO2. The molecule has 1 aliphatic heterocycles. The first kappa shape index (κ1) is 12.4. The second-order valence-corrected chi connectivity index (χ2v) is 4.39. The Balaban J connectivity index is 2.40. The zero-order chi connectivity index (χ0) is 12.7. The third-order valence-electron chi connectivity index (χ3n) is 3.23. The van der Waals surface area contributed by atoms with Gasteiger partial charge in [0.25, 0.3) is 0 Å². The van der Waals surface area contributed by atoms with Gasteiger partial charge in [-0.25, -0.2) is 0 Å². The molecule has 1 aliphatic rings. The highest BCUT2D eigenvalue weighted by Crippen LogP contribution is 2.37. The van der Waals surface area contributed by atoms with E-state index in [0.29, 0.717) is 17.1 Å². The molecule has 2 rings (SSSR count). The van der Waals surface area contributed by atoms with E-state index in [1.54, 1.807) is 32.2 Å². The summed E-state index contributed by atoms with van der Waals surface area (Å²) < 4.78 is 10.5. The summed E-state index contributed by atoms with van der Waals surface area (Å²) in [6, 6.07) is 5.32. The standard InChI is InChI=1S/C11H12B3NO2/c1-10(12,15-2)11(13,14)7-3-4-8-9(5-7)17-6-16-8/h3-5,15H,6H2,1-2H3. The number of ether oxygens (including phenoxy) is 2. The van der Waals surface area contributed by atoms with Crippen LogP contribution in [0.5, 0.6) is 11.5 Å². The van der Waals surface area contributed by atoms with Crippen LogP contribution in [0.2, 0.25) is 0 Å². The van der Waals surface area contributed by atoms with Crippen LogP contribution in [0.1, 0.15) is 12.5 Å². The third kappa shape index (κ3) is 1.95. The molecule has 1 unspecified atom stereocenters. The molecule has 0 aromatic heterocycles. The Bertz CT molecular complexity index is 435. The average Bonchev–Trinajstić information content (AvgIpc) is 2.75. The first-order valence-corrected chi connectivity index (χ1v) is 5.34. The maximum atomic E-state index is 6.11. The van der Waals surface area contributed by atoms with Crippen molar-refractivity contribution in [2.24, 2.45) is 0 Å². The van der Waals surface area contributed by atoms with E-state index in [2.05, 4.69) is 5.32 Å². The second kappa shape index (κ2) is 4.02. The summed E-state index contributed by atoms with van der Waals surface area (Å²) in [6.07, 6.45) is 0. The highest BCUT2D eigenvalue weighted by Gasteiger charge is 2.36. The molecule has 0 amide bonds. The Morgan fingerprint density at radius 2 is 1.82 bits per heavy atom. The van der Waals surface area contributed by atoms with Gasteiger partial charge in [-0.05, 0) is 24.6 Å². The number of rotatable bonds is 3. The predicted octanol–water partition coefficient (Wildman–Crippen LogP) is 0.00920. The summed E-state index contributed by atoms with van der Waals surface area (Å²) in [6.45, 7) is 1.95. The van der Waals surface area contributed by atoms with Gasteiger partial charge in [-0.2, -0.15) is 0 Å². The van der Waals surface area contributed by atoms with Gasteiger partial charge in [0.05, 0.1) is 23.5 Å². The first-order valence-electron chi connectivity index (χ1n) is 5.34. The lowest BCUT2D eigenvalue weighted by atomic mass is 9.38. The van der Waals surface area contributed by atoms with E-state index in [0.717, 1.165) is 0 Å². The number of hydrogen-bond acceptors (Lipinski definition) is 3. The highest BCUT2D eigenvalue weighted by atomic mass is 16.7. The van der Waals surface area contributed by atoms with Crippen molar-refractivity contribution in [1.29, 1.82) is 0 Å². The van der Waals surface area contributed by atoms with Gasteiger partial charge in [-0.15, -0.1) is 0 Å². The van der Waals surface area contributed by atoms with E-state index in [4.69, 9.17) is 33.0 Å². The van der Waals surface area contributed by atoms with Gasteiger partial charge in [0.2, 0.25) is 6.79 Å². The monoisotopic (exact) mass is 223 g/mol. The van der Waals surface area contributed by atoms with Crippen molar-refractivity contribution in [2.75, 3.05) is 13.8 Å². The Hall–Kier alpha value is -1.03. The van der Waals surface area contributed by atoms with Crippen molar-refractivity contribution in [3.63, 3.8) is 0 Å². The van der Waals surface area contributed by atoms with Crippen molar-refractivity contribution < 1.29 is 9.47 Å². The summed E-state index contributed by atoms with van der Waals surface area (Å²) in [5, 5.41) is 1.68. The molecule has 82 valence electrons. The number of nitrogens with one attached hydrogen (secondary N) is 1. The van der Waals surface area contributed by atoms with Crippen molar-refractivity contribution in [1.82, 2.24) is 5.32 Å². The van der Waals surface area contributed by atoms with Crippen LogP contribution in [-0.2, 0) is 5.21 Å². The van der Waals surface area contributed by atoms with Crippen LogP contribution in [0.4, 0.5) is 0 Å². The molecule has 0 saturated carbocycles. The van der Waals surface area contributed by atoms with E-state index in [1.807, 2.05) is 0 Å². The van der Waals surface area contributed by atoms with Gasteiger partial charge < -0.3 is 14.8 Å². The molecule has 0 fully saturated rings. The van der Waals surface area contributed by atoms with Crippen LogP contribution >= 0.6 is 0 Å².